The normalized spacial score (nSPS) is 11.6. The summed E-state index contributed by atoms with van der Waals surface area (Å²) in [6.45, 7) is 2.37. The van der Waals surface area contributed by atoms with Crippen LogP contribution in [0.25, 0.3) is 11.0 Å². The van der Waals surface area contributed by atoms with Gasteiger partial charge in [-0.2, -0.15) is 5.10 Å². The van der Waals surface area contributed by atoms with Crippen LogP contribution in [0.2, 0.25) is 0 Å². The van der Waals surface area contributed by atoms with Crippen LogP contribution in [0.4, 0.5) is 0 Å². The highest BCUT2D eigenvalue weighted by atomic mass is 16.2. The molecule has 3 rings (SSSR count). The lowest BCUT2D eigenvalue weighted by molar-refractivity contribution is -0.121. The van der Waals surface area contributed by atoms with E-state index in [-0.39, 0.29) is 5.91 Å². The summed E-state index contributed by atoms with van der Waals surface area (Å²) in [5.74, 6) is -0.137. The lowest BCUT2D eigenvalue weighted by atomic mass is 10.1. The topological polar surface area (TPSA) is 72.2 Å². The van der Waals surface area contributed by atoms with Gasteiger partial charge >= 0.3 is 0 Å². The molecule has 0 aliphatic rings. The Labute approximate surface area is 140 Å². The summed E-state index contributed by atoms with van der Waals surface area (Å²) in [4.78, 5) is 12.0. The van der Waals surface area contributed by atoms with Gasteiger partial charge in [-0.1, -0.05) is 47.7 Å². The molecule has 1 heterocycles. The van der Waals surface area contributed by atoms with Crippen LogP contribution in [0.1, 0.15) is 18.9 Å². The van der Waals surface area contributed by atoms with Gasteiger partial charge in [-0.15, -0.1) is 5.10 Å². The van der Waals surface area contributed by atoms with E-state index in [2.05, 4.69) is 20.8 Å². The van der Waals surface area contributed by atoms with Crippen LogP contribution >= 0.6 is 0 Å². The average Bonchev–Trinajstić information content (AvgIpc) is 3.02. The number of fused-ring (bicyclic) bond motifs is 1. The van der Waals surface area contributed by atoms with Gasteiger partial charge in [-0.05, 0) is 24.6 Å². The zero-order chi connectivity index (χ0) is 16.8. The van der Waals surface area contributed by atoms with E-state index >= 15 is 0 Å². The fourth-order valence-corrected chi connectivity index (χ4v) is 2.43. The number of carbonyl (C=O) groups is 1. The van der Waals surface area contributed by atoms with Crippen LogP contribution in [-0.4, -0.2) is 26.6 Å². The lowest BCUT2D eigenvalue weighted by Gasteiger charge is -2.04. The minimum absolute atomic E-state index is 0.137. The number of hydrogen-bond donors (Lipinski definition) is 1. The van der Waals surface area contributed by atoms with Crippen molar-refractivity contribution in [1.29, 1.82) is 0 Å². The largest absolute Gasteiger partial charge is 0.273 e. The molecule has 0 unspecified atom stereocenters. The maximum atomic E-state index is 12.0. The predicted octanol–water partition coefficient (Wildman–Crippen LogP) is 2.56. The molecule has 1 aromatic heterocycles. The van der Waals surface area contributed by atoms with Gasteiger partial charge in [0.05, 0.1) is 12.1 Å². The van der Waals surface area contributed by atoms with Crippen molar-refractivity contribution in [3.63, 3.8) is 0 Å². The summed E-state index contributed by atoms with van der Waals surface area (Å²) in [5, 5.41) is 12.3. The number of amides is 1. The van der Waals surface area contributed by atoms with Crippen molar-refractivity contribution in [2.45, 2.75) is 26.3 Å². The molecular formula is C18H19N5O. The first-order valence-electron chi connectivity index (χ1n) is 7.86. The van der Waals surface area contributed by atoms with Crippen LogP contribution in [0.5, 0.6) is 0 Å². The SMILES string of the molecule is C/C(Cc1ccccc1)=N\NC(=O)CCn1nnc2ccccc21. The monoisotopic (exact) mass is 321 g/mol. The molecule has 0 aliphatic carbocycles. The third kappa shape index (κ3) is 4.04. The first-order chi connectivity index (χ1) is 11.7. The summed E-state index contributed by atoms with van der Waals surface area (Å²) < 4.78 is 1.73. The molecule has 1 N–H and O–H groups in total. The summed E-state index contributed by atoms with van der Waals surface area (Å²) >= 11 is 0. The van der Waals surface area contributed by atoms with Gasteiger partial charge in [0.15, 0.2) is 0 Å². The van der Waals surface area contributed by atoms with E-state index in [0.29, 0.717) is 13.0 Å². The number of rotatable bonds is 6. The van der Waals surface area contributed by atoms with E-state index in [1.54, 1.807) is 4.68 Å². The zero-order valence-electron chi connectivity index (χ0n) is 13.5. The summed E-state index contributed by atoms with van der Waals surface area (Å²) in [5.41, 5.74) is 6.38. The molecule has 3 aromatic rings. The standard InChI is InChI=1S/C18H19N5O/c1-14(13-15-7-3-2-4-8-15)19-21-18(24)11-12-23-17-10-6-5-9-16(17)20-22-23/h2-10H,11-13H2,1H3,(H,21,24)/b19-14+. The van der Waals surface area contributed by atoms with E-state index in [1.165, 1.54) is 5.56 Å². The smallest absolute Gasteiger partial charge is 0.241 e. The minimum Gasteiger partial charge on any atom is -0.273 e. The molecule has 0 radical (unpaired) electrons. The second-order valence-corrected chi connectivity index (χ2v) is 5.60. The van der Waals surface area contributed by atoms with Gasteiger partial charge in [0.1, 0.15) is 5.52 Å². The quantitative estimate of drug-likeness (QED) is 0.560. The van der Waals surface area contributed by atoms with Crippen LogP contribution in [0.3, 0.4) is 0 Å². The van der Waals surface area contributed by atoms with Crippen LogP contribution in [-0.2, 0) is 17.8 Å². The molecule has 2 aromatic carbocycles. The molecule has 24 heavy (non-hydrogen) atoms. The van der Waals surface area contributed by atoms with E-state index in [4.69, 9.17) is 0 Å². The maximum absolute atomic E-state index is 12.0. The van der Waals surface area contributed by atoms with Gasteiger partial charge in [0, 0.05) is 18.6 Å². The number of carbonyl (C=O) groups excluding carboxylic acids is 1. The molecule has 6 heteroatoms. The lowest BCUT2D eigenvalue weighted by Crippen LogP contribution is -2.21. The molecular weight excluding hydrogens is 302 g/mol. The van der Waals surface area contributed by atoms with Crippen molar-refractivity contribution in [3.8, 4) is 0 Å². The van der Waals surface area contributed by atoms with Crippen LogP contribution < -0.4 is 5.43 Å². The van der Waals surface area contributed by atoms with Gasteiger partial charge in [-0.3, -0.25) is 4.79 Å². The van der Waals surface area contributed by atoms with Crippen molar-refractivity contribution < 1.29 is 4.79 Å². The molecule has 0 atom stereocenters. The molecule has 0 saturated carbocycles. The number of aryl methyl sites for hydroxylation is 1. The van der Waals surface area contributed by atoms with E-state index in [0.717, 1.165) is 23.2 Å². The first-order valence-corrected chi connectivity index (χ1v) is 7.86. The Hall–Kier alpha value is -3.02. The molecule has 0 bridgehead atoms. The Bertz CT molecular complexity index is 854. The fourth-order valence-electron chi connectivity index (χ4n) is 2.43. The summed E-state index contributed by atoms with van der Waals surface area (Å²) in [7, 11) is 0. The summed E-state index contributed by atoms with van der Waals surface area (Å²) in [6, 6.07) is 17.7. The number of nitrogens with zero attached hydrogens (tertiary/aromatic N) is 4. The van der Waals surface area contributed by atoms with E-state index in [1.807, 2.05) is 61.5 Å². The molecule has 6 nitrogen and oxygen atoms in total. The van der Waals surface area contributed by atoms with Crippen molar-refractivity contribution in [2.24, 2.45) is 5.10 Å². The van der Waals surface area contributed by atoms with E-state index in [9.17, 15) is 4.79 Å². The minimum atomic E-state index is -0.137. The fraction of sp³-hybridized carbons (Fsp3) is 0.222. The van der Waals surface area contributed by atoms with Gasteiger partial charge < -0.3 is 0 Å². The second kappa shape index (κ2) is 7.50. The average molecular weight is 321 g/mol. The van der Waals surface area contributed by atoms with E-state index < -0.39 is 0 Å². The molecule has 0 spiro atoms. The summed E-state index contributed by atoms with van der Waals surface area (Å²) in [6.07, 6.45) is 1.02. The van der Waals surface area contributed by atoms with Crippen molar-refractivity contribution >= 4 is 22.7 Å². The number of nitrogens with one attached hydrogen (secondary N) is 1. The number of aromatic nitrogens is 3. The number of hydrogen-bond acceptors (Lipinski definition) is 4. The van der Waals surface area contributed by atoms with Gasteiger partial charge in [0.2, 0.25) is 5.91 Å². The Morgan fingerprint density at radius 3 is 2.71 bits per heavy atom. The highest BCUT2D eigenvalue weighted by Crippen LogP contribution is 2.09. The third-order valence-electron chi connectivity index (χ3n) is 3.65. The Morgan fingerprint density at radius 1 is 1.12 bits per heavy atom. The zero-order valence-corrected chi connectivity index (χ0v) is 13.5. The molecule has 122 valence electrons. The van der Waals surface area contributed by atoms with Gasteiger partial charge in [-0.25, -0.2) is 10.1 Å². The Kier molecular flexibility index (Phi) is 4.96. The highest BCUT2D eigenvalue weighted by Gasteiger charge is 2.06. The van der Waals surface area contributed by atoms with Crippen molar-refractivity contribution in [1.82, 2.24) is 20.4 Å². The number of hydrazone groups is 1. The number of benzene rings is 2. The van der Waals surface area contributed by atoms with Crippen molar-refractivity contribution in [3.05, 3.63) is 60.2 Å². The highest BCUT2D eigenvalue weighted by molar-refractivity contribution is 5.86. The predicted molar refractivity (Wildman–Crippen MR) is 93.5 cm³/mol. The molecule has 0 saturated heterocycles. The van der Waals surface area contributed by atoms with Gasteiger partial charge in [0.25, 0.3) is 0 Å². The maximum Gasteiger partial charge on any atom is 0.241 e. The van der Waals surface area contributed by atoms with Crippen LogP contribution in [0, 0.1) is 0 Å². The second-order valence-electron chi connectivity index (χ2n) is 5.60. The molecule has 1 amide bonds. The third-order valence-corrected chi connectivity index (χ3v) is 3.65. The first kappa shape index (κ1) is 15.9. The molecule has 0 fully saturated rings. The Balaban J connectivity index is 1.51. The van der Waals surface area contributed by atoms with Crippen LogP contribution in [0.15, 0.2) is 59.7 Å². The molecule has 0 aliphatic heterocycles. The van der Waals surface area contributed by atoms with Crippen molar-refractivity contribution in [2.75, 3.05) is 0 Å². The number of para-hydroxylation sites is 1. The Morgan fingerprint density at radius 2 is 1.88 bits per heavy atom.